The minimum absolute atomic E-state index is 0.0621. The topological polar surface area (TPSA) is 17.8 Å². The number of rotatable bonds is 3. The van der Waals surface area contributed by atoms with E-state index in [4.69, 9.17) is 0 Å². The van der Waals surface area contributed by atoms with E-state index in [0.29, 0.717) is 5.56 Å². The molecule has 0 radical (unpaired) electrons. The minimum atomic E-state index is -4.30. The van der Waals surface area contributed by atoms with Gasteiger partial charge in [0, 0.05) is 18.9 Å². The van der Waals surface area contributed by atoms with Crippen LogP contribution in [0.1, 0.15) is 11.4 Å². The summed E-state index contributed by atoms with van der Waals surface area (Å²) in [5, 5.41) is 0. The molecule has 0 unspecified atom stereocenters. The first kappa shape index (κ1) is 14.0. The van der Waals surface area contributed by atoms with Crippen molar-refractivity contribution >= 4 is 15.9 Å². The Bertz CT molecular complexity index is 577. The highest BCUT2D eigenvalue weighted by Gasteiger charge is 2.30. The number of halogens is 5. The van der Waals surface area contributed by atoms with Crippen LogP contribution in [0.15, 0.2) is 35.1 Å². The van der Waals surface area contributed by atoms with Gasteiger partial charge in [0.1, 0.15) is 18.1 Å². The summed E-state index contributed by atoms with van der Waals surface area (Å²) in [5.41, 5.74) is 0.690. The monoisotopic (exact) mass is 336 g/mol. The summed E-state index contributed by atoms with van der Waals surface area (Å²) in [6.07, 6.45) is -2.59. The molecule has 1 aromatic heterocycles. The van der Waals surface area contributed by atoms with E-state index in [1.165, 1.54) is 35.2 Å². The van der Waals surface area contributed by atoms with Crippen molar-refractivity contribution in [3.63, 3.8) is 0 Å². The standard InChI is InChI=1S/C12H9BrF4N2/c13-9-5-8(1-2-10(9)14)7-19-4-3-18-11(19)6-12(15,16)17/h1-5H,6-7H2. The molecule has 2 rings (SSSR count). The van der Waals surface area contributed by atoms with Crippen molar-refractivity contribution in [2.75, 3.05) is 0 Å². The first-order valence-corrected chi connectivity index (χ1v) is 6.15. The van der Waals surface area contributed by atoms with Crippen molar-refractivity contribution in [1.82, 2.24) is 9.55 Å². The molecule has 0 atom stereocenters. The second kappa shape index (κ2) is 5.32. The van der Waals surface area contributed by atoms with Crippen molar-refractivity contribution in [2.24, 2.45) is 0 Å². The summed E-state index contributed by atoms with van der Waals surface area (Å²) in [5.74, 6) is -0.474. The van der Waals surface area contributed by atoms with E-state index in [-0.39, 0.29) is 16.8 Å². The number of aromatic nitrogens is 2. The fourth-order valence-corrected chi connectivity index (χ4v) is 2.09. The van der Waals surface area contributed by atoms with Crippen LogP contribution in [-0.4, -0.2) is 15.7 Å². The molecule has 0 aliphatic carbocycles. The average molecular weight is 337 g/mol. The van der Waals surface area contributed by atoms with Gasteiger partial charge in [-0.25, -0.2) is 9.37 Å². The van der Waals surface area contributed by atoms with Crippen LogP contribution in [0, 0.1) is 5.82 Å². The van der Waals surface area contributed by atoms with Gasteiger partial charge in [-0.3, -0.25) is 0 Å². The fourth-order valence-electron chi connectivity index (χ4n) is 1.67. The molecule has 0 spiro atoms. The van der Waals surface area contributed by atoms with E-state index in [9.17, 15) is 17.6 Å². The van der Waals surface area contributed by atoms with E-state index in [1.54, 1.807) is 0 Å². The van der Waals surface area contributed by atoms with Crippen LogP contribution in [0.2, 0.25) is 0 Å². The number of imidazole rings is 1. The number of hydrogen-bond donors (Lipinski definition) is 0. The first-order chi connectivity index (χ1) is 8.85. The Labute approximate surface area is 115 Å². The molecule has 0 saturated carbocycles. The zero-order valence-electron chi connectivity index (χ0n) is 9.59. The molecule has 2 nitrogen and oxygen atoms in total. The molecule has 0 bridgehead atoms. The highest BCUT2D eigenvalue weighted by molar-refractivity contribution is 9.10. The van der Waals surface area contributed by atoms with Crippen molar-refractivity contribution in [3.8, 4) is 0 Å². The number of benzene rings is 1. The van der Waals surface area contributed by atoms with Gasteiger partial charge in [-0.05, 0) is 33.6 Å². The van der Waals surface area contributed by atoms with Gasteiger partial charge in [0.25, 0.3) is 0 Å². The summed E-state index contributed by atoms with van der Waals surface area (Å²) >= 11 is 3.04. The van der Waals surface area contributed by atoms with E-state index >= 15 is 0 Å². The van der Waals surface area contributed by atoms with Gasteiger partial charge >= 0.3 is 6.18 Å². The lowest BCUT2D eigenvalue weighted by Gasteiger charge is -2.10. The number of alkyl halides is 3. The summed E-state index contributed by atoms with van der Waals surface area (Å²) < 4.78 is 51.8. The van der Waals surface area contributed by atoms with E-state index < -0.39 is 18.4 Å². The smallest absolute Gasteiger partial charge is 0.330 e. The molecule has 0 aliphatic heterocycles. The van der Waals surface area contributed by atoms with Crippen LogP contribution >= 0.6 is 15.9 Å². The van der Waals surface area contributed by atoms with Gasteiger partial charge in [0.15, 0.2) is 0 Å². The van der Waals surface area contributed by atoms with Crippen LogP contribution in [-0.2, 0) is 13.0 Å². The van der Waals surface area contributed by atoms with Gasteiger partial charge in [0.05, 0.1) is 4.47 Å². The molecule has 7 heteroatoms. The summed E-state index contributed by atoms with van der Waals surface area (Å²) in [6.45, 7) is 0.213. The Morgan fingerprint density at radius 1 is 1.26 bits per heavy atom. The lowest BCUT2D eigenvalue weighted by atomic mass is 10.2. The second-order valence-electron chi connectivity index (χ2n) is 4.01. The van der Waals surface area contributed by atoms with Gasteiger partial charge in [-0.15, -0.1) is 0 Å². The Morgan fingerprint density at radius 3 is 2.63 bits per heavy atom. The number of nitrogens with zero attached hydrogens (tertiary/aromatic N) is 2. The Balaban J connectivity index is 2.19. The Hall–Kier alpha value is -1.37. The third-order valence-electron chi connectivity index (χ3n) is 2.50. The van der Waals surface area contributed by atoms with Crippen LogP contribution in [0.25, 0.3) is 0 Å². The van der Waals surface area contributed by atoms with Gasteiger partial charge in [-0.1, -0.05) is 6.07 Å². The van der Waals surface area contributed by atoms with E-state index in [2.05, 4.69) is 20.9 Å². The van der Waals surface area contributed by atoms with Crippen LogP contribution < -0.4 is 0 Å². The maximum absolute atomic E-state index is 13.1. The summed E-state index contributed by atoms with van der Waals surface area (Å²) in [6, 6.07) is 4.32. The first-order valence-electron chi connectivity index (χ1n) is 5.36. The van der Waals surface area contributed by atoms with Crippen molar-refractivity contribution in [2.45, 2.75) is 19.1 Å². The third-order valence-corrected chi connectivity index (χ3v) is 3.10. The largest absolute Gasteiger partial charge is 0.396 e. The molecule has 0 amide bonds. The fraction of sp³-hybridized carbons (Fsp3) is 0.250. The molecule has 102 valence electrons. The van der Waals surface area contributed by atoms with Crippen LogP contribution in [0.3, 0.4) is 0 Å². The lowest BCUT2D eigenvalue weighted by Crippen LogP contribution is -2.16. The molecule has 1 heterocycles. The highest BCUT2D eigenvalue weighted by atomic mass is 79.9. The van der Waals surface area contributed by atoms with Crippen molar-refractivity contribution < 1.29 is 17.6 Å². The van der Waals surface area contributed by atoms with Crippen molar-refractivity contribution in [1.29, 1.82) is 0 Å². The maximum Gasteiger partial charge on any atom is 0.396 e. The quantitative estimate of drug-likeness (QED) is 0.776. The van der Waals surface area contributed by atoms with Crippen LogP contribution in [0.4, 0.5) is 17.6 Å². The van der Waals surface area contributed by atoms with E-state index in [0.717, 1.165) is 0 Å². The molecule has 0 aliphatic rings. The molecule has 0 N–H and O–H groups in total. The molecule has 19 heavy (non-hydrogen) atoms. The van der Waals surface area contributed by atoms with Gasteiger partial charge < -0.3 is 4.57 Å². The Kier molecular flexibility index (Phi) is 3.93. The molecular formula is C12H9BrF4N2. The summed E-state index contributed by atoms with van der Waals surface area (Å²) in [4.78, 5) is 3.69. The maximum atomic E-state index is 13.1. The molecule has 1 aromatic carbocycles. The van der Waals surface area contributed by atoms with Gasteiger partial charge in [-0.2, -0.15) is 13.2 Å². The van der Waals surface area contributed by atoms with Crippen molar-refractivity contribution in [3.05, 3.63) is 52.3 Å². The zero-order chi connectivity index (χ0) is 14.0. The highest BCUT2D eigenvalue weighted by Crippen LogP contribution is 2.22. The van der Waals surface area contributed by atoms with E-state index in [1.807, 2.05) is 0 Å². The third kappa shape index (κ3) is 3.79. The molecule has 0 fully saturated rings. The summed E-state index contributed by atoms with van der Waals surface area (Å²) in [7, 11) is 0. The Morgan fingerprint density at radius 2 is 2.00 bits per heavy atom. The predicted molar refractivity (Wildman–Crippen MR) is 65.2 cm³/mol. The zero-order valence-corrected chi connectivity index (χ0v) is 11.2. The molecular weight excluding hydrogens is 328 g/mol. The second-order valence-corrected chi connectivity index (χ2v) is 4.87. The number of hydrogen-bond acceptors (Lipinski definition) is 1. The molecule has 0 saturated heterocycles. The lowest BCUT2D eigenvalue weighted by molar-refractivity contribution is -0.128. The normalized spacial score (nSPS) is 11.8. The van der Waals surface area contributed by atoms with Crippen LogP contribution in [0.5, 0.6) is 0 Å². The van der Waals surface area contributed by atoms with Gasteiger partial charge in [0.2, 0.25) is 0 Å². The SMILES string of the molecule is Fc1ccc(Cn2ccnc2CC(F)(F)F)cc1Br. The average Bonchev–Trinajstić information content (AvgIpc) is 2.69. The predicted octanol–water partition coefficient (Wildman–Crippen LogP) is 3.94. The minimum Gasteiger partial charge on any atom is -0.330 e. The molecule has 2 aromatic rings.